The van der Waals surface area contributed by atoms with Crippen LogP contribution in [0.15, 0.2) is 93.9 Å². The maximum atomic E-state index is 13.8. The van der Waals surface area contributed by atoms with Crippen molar-refractivity contribution in [3.63, 3.8) is 0 Å². The van der Waals surface area contributed by atoms with Gasteiger partial charge in [-0.15, -0.1) is 0 Å². The van der Waals surface area contributed by atoms with Crippen molar-refractivity contribution in [1.82, 2.24) is 4.57 Å². The summed E-state index contributed by atoms with van der Waals surface area (Å²) in [6.07, 6.45) is 1.81. The molecule has 3 aromatic carbocycles. The molecule has 43 heavy (non-hydrogen) atoms. The highest BCUT2D eigenvalue weighted by Gasteiger charge is 2.33. The van der Waals surface area contributed by atoms with Gasteiger partial charge in [0, 0.05) is 0 Å². The monoisotopic (exact) mass is 596 g/mol. The van der Waals surface area contributed by atoms with E-state index in [0.717, 1.165) is 22.3 Å². The Bertz CT molecular complexity index is 1870. The first-order chi connectivity index (χ1) is 20.7. The number of esters is 1. The van der Waals surface area contributed by atoms with Crippen molar-refractivity contribution >= 4 is 29.4 Å². The largest absolute Gasteiger partial charge is 0.489 e. The number of allylic oxidation sites excluding steroid dienone is 1. The van der Waals surface area contributed by atoms with Crippen molar-refractivity contribution in [1.29, 1.82) is 0 Å². The fourth-order valence-corrected chi connectivity index (χ4v) is 5.94. The van der Waals surface area contributed by atoms with E-state index < -0.39 is 18.0 Å². The lowest BCUT2D eigenvalue weighted by atomic mass is 9.93. The SMILES string of the molecule is CCOC(=O)C1=C(C)N=c2s/c(=C/c3ccc(OCc4ccc(C(=O)O)cc4)cc3)c(=O)n2[C@@H]1c1ccc(C(C)C)cc1. The first-order valence-corrected chi connectivity index (χ1v) is 14.8. The molecule has 0 spiro atoms. The van der Waals surface area contributed by atoms with Crippen LogP contribution >= 0.6 is 11.3 Å². The molecule has 0 unspecified atom stereocenters. The van der Waals surface area contributed by atoms with Crippen LogP contribution in [0.2, 0.25) is 0 Å². The van der Waals surface area contributed by atoms with Gasteiger partial charge in [-0.05, 0) is 72.4 Å². The molecule has 0 amide bonds. The zero-order valence-corrected chi connectivity index (χ0v) is 25.2. The standard InChI is InChI=1S/C34H32N2O6S/c1-5-41-33(40)29-21(4)35-34-36(30(29)25-14-12-24(13-15-25)20(2)3)31(37)28(43-34)18-22-8-16-27(17-9-22)42-19-23-6-10-26(11-7-23)32(38)39/h6-18,20,30H,5,19H2,1-4H3,(H,38,39)/b28-18+/t30-/m1/s1. The fraction of sp³-hybridized carbons (Fsp3) is 0.235. The summed E-state index contributed by atoms with van der Waals surface area (Å²) < 4.78 is 13.3. The Morgan fingerprint density at radius 2 is 1.70 bits per heavy atom. The van der Waals surface area contributed by atoms with Crippen LogP contribution in [-0.4, -0.2) is 28.2 Å². The summed E-state index contributed by atoms with van der Waals surface area (Å²) in [4.78, 5) is 43.2. The van der Waals surface area contributed by atoms with Crippen molar-refractivity contribution in [2.75, 3.05) is 6.61 Å². The van der Waals surface area contributed by atoms with E-state index in [9.17, 15) is 14.4 Å². The third-order valence-electron chi connectivity index (χ3n) is 7.22. The van der Waals surface area contributed by atoms with Gasteiger partial charge in [0.1, 0.15) is 12.4 Å². The molecule has 1 aliphatic rings. The van der Waals surface area contributed by atoms with Gasteiger partial charge < -0.3 is 14.6 Å². The highest BCUT2D eigenvalue weighted by atomic mass is 32.1. The van der Waals surface area contributed by atoms with Gasteiger partial charge in [-0.1, -0.05) is 73.7 Å². The summed E-state index contributed by atoms with van der Waals surface area (Å²) in [5.41, 5.74) is 4.51. The first-order valence-electron chi connectivity index (χ1n) is 14.0. The third kappa shape index (κ3) is 6.36. The number of thiazole rings is 1. The van der Waals surface area contributed by atoms with E-state index in [2.05, 4.69) is 18.8 Å². The number of nitrogens with zero attached hydrogens (tertiary/aromatic N) is 2. The fourth-order valence-electron chi connectivity index (χ4n) is 4.89. The minimum absolute atomic E-state index is 0.218. The minimum Gasteiger partial charge on any atom is -0.489 e. The average Bonchev–Trinajstić information content (AvgIpc) is 3.30. The lowest BCUT2D eigenvalue weighted by molar-refractivity contribution is -0.139. The number of rotatable bonds is 9. The van der Waals surface area contributed by atoms with Crippen molar-refractivity contribution in [3.05, 3.63) is 132 Å². The van der Waals surface area contributed by atoms with E-state index >= 15 is 0 Å². The molecule has 1 aliphatic heterocycles. The van der Waals surface area contributed by atoms with Crippen LogP contribution in [-0.2, 0) is 16.1 Å². The summed E-state index contributed by atoms with van der Waals surface area (Å²) in [7, 11) is 0. The molecule has 4 aromatic rings. The van der Waals surface area contributed by atoms with Gasteiger partial charge >= 0.3 is 11.9 Å². The Kier molecular flexibility index (Phi) is 8.73. The van der Waals surface area contributed by atoms with Gasteiger partial charge in [-0.3, -0.25) is 9.36 Å². The van der Waals surface area contributed by atoms with E-state index in [4.69, 9.17) is 14.6 Å². The lowest BCUT2D eigenvalue weighted by Crippen LogP contribution is -2.39. The predicted molar refractivity (Wildman–Crippen MR) is 165 cm³/mol. The summed E-state index contributed by atoms with van der Waals surface area (Å²) in [5, 5.41) is 9.06. The number of carbonyl (C=O) groups excluding carboxylic acids is 1. The number of hydrogen-bond donors (Lipinski definition) is 1. The highest BCUT2D eigenvalue weighted by Crippen LogP contribution is 2.31. The molecule has 2 heterocycles. The summed E-state index contributed by atoms with van der Waals surface area (Å²) in [5.74, 6) is -0.467. The maximum absolute atomic E-state index is 13.8. The van der Waals surface area contributed by atoms with Gasteiger partial charge in [-0.25, -0.2) is 14.6 Å². The molecule has 0 saturated carbocycles. The van der Waals surface area contributed by atoms with E-state index in [0.29, 0.717) is 32.3 Å². The van der Waals surface area contributed by atoms with Crippen LogP contribution in [0.1, 0.15) is 72.3 Å². The van der Waals surface area contributed by atoms with Crippen molar-refractivity contribution in [3.8, 4) is 5.75 Å². The van der Waals surface area contributed by atoms with Crippen LogP contribution in [0.5, 0.6) is 5.75 Å². The minimum atomic E-state index is -0.971. The number of aromatic nitrogens is 1. The summed E-state index contributed by atoms with van der Waals surface area (Å²) in [6, 6.07) is 21.2. The van der Waals surface area contributed by atoms with Crippen molar-refractivity contribution < 1.29 is 24.2 Å². The number of hydrogen-bond acceptors (Lipinski definition) is 7. The Hall–Kier alpha value is -4.76. The number of aromatic carboxylic acids is 1. The molecule has 1 N–H and O–H groups in total. The molecular weight excluding hydrogens is 564 g/mol. The van der Waals surface area contributed by atoms with Gasteiger partial charge in [-0.2, -0.15) is 0 Å². The Balaban J connectivity index is 1.45. The molecule has 5 rings (SSSR count). The van der Waals surface area contributed by atoms with Gasteiger partial charge in [0.05, 0.1) is 34.0 Å². The molecular formula is C34H32N2O6S. The second-order valence-electron chi connectivity index (χ2n) is 10.5. The second-order valence-corrected chi connectivity index (χ2v) is 11.5. The van der Waals surface area contributed by atoms with Gasteiger partial charge in [0.25, 0.3) is 5.56 Å². The molecule has 0 bridgehead atoms. The highest BCUT2D eigenvalue weighted by molar-refractivity contribution is 7.07. The zero-order chi connectivity index (χ0) is 30.7. The summed E-state index contributed by atoms with van der Waals surface area (Å²) >= 11 is 1.28. The third-order valence-corrected chi connectivity index (χ3v) is 8.20. The maximum Gasteiger partial charge on any atom is 0.338 e. The molecule has 8 nitrogen and oxygen atoms in total. The molecule has 0 radical (unpaired) electrons. The van der Waals surface area contributed by atoms with Crippen molar-refractivity contribution in [2.24, 2.45) is 4.99 Å². The first kappa shape index (κ1) is 29.7. The molecule has 1 atom stereocenters. The Labute approximate surface area is 252 Å². The summed E-state index contributed by atoms with van der Waals surface area (Å²) in [6.45, 7) is 8.27. The number of fused-ring (bicyclic) bond motifs is 1. The van der Waals surface area contributed by atoms with Gasteiger partial charge in [0.15, 0.2) is 4.80 Å². The molecule has 220 valence electrons. The van der Waals surface area contributed by atoms with Crippen LogP contribution in [0, 0.1) is 0 Å². The number of carbonyl (C=O) groups is 2. The van der Waals surface area contributed by atoms with Gasteiger partial charge in [0.2, 0.25) is 0 Å². The number of ether oxygens (including phenoxy) is 2. The Morgan fingerprint density at radius 1 is 1.02 bits per heavy atom. The number of benzene rings is 3. The smallest absolute Gasteiger partial charge is 0.338 e. The predicted octanol–water partition coefficient (Wildman–Crippen LogP) is 5.20. The van der Waals surface area contributed by atoms with Crippen LogP contribution in [0.4, 0.5) is 0 Å². The van der Waals surface area contributed by atoms with E-state index in [1.165, 1.54) is 11.3 Å². The normalized spacial score (nSPS) is 14.8. The second kappa shape index (κ2) is 12.6. The molecule has 1 aromatic heterocycles. The lowest BCUT2D eigenvalue weighted by Gasteiger charge is -2.25. The quantitative estimate of drug-likeness (QED) is 0.266. The van der Waals surface area contributed by atoms with Crippen LogP contribution in [0.3, 0.4) is 0 Å². The number of carboxylic acids is 1. The molecule has 9 heteroatoms. The van der Waals surface area contributed by atoms with E-state index in [-0.39, 0.29) is 24.3 Å². The Morgan fingerprint density at radius 3 is 2.30 bits per heavy atom. The van der Waals surface area contributed by atoms with Crippen LogP contribution in [0.25, 0.3) is 6.08 Å². The molecule has 0 fully saturated rings. The van der Waals surface area contributed by atoms with E-state index in [1.54, 1.807) is 48.8 Å². The average molecular weight is 597 g/mol. The molecule has 0 saturated heterocycles. The van der Waals surface area contributed by atoms with Crippen molar-refractivity contribution in [2.45, 2.75) is 46.3 Å². The van der Waals surface area contributed by atoms with Crippen LogP contribution < -0.4 is 19.6 Å². The molecule has 0 aliphatic carbocycles. The van der Waals surface area contributed by atoms with E-state index in [1.807, 2.05) is 48.5 Å². The number of carboxylic acid groups (broad SMARTS) is 1. The zero-order valence-electron chi connectivity index (χ0n) is 24.4. The topological polar surface area (TPSA) is 107 Å².